The number of rotatable bonds is 8. The third-order valence-corrected chi connectivity index (χ3v) is 3.85. The first-order chi connectivity index (χ1) is 10.2. The molecule has 8 heteroatoms. The van der Waals surface area contributed by atoms with Crippen molar-refractivity contribution in [1.82, 2.24) is 20.2 Å². The molecule has 0 aromatic carbocycles. The molecule has 0 amide bonds. The molecule has 0 aliphatic carbocycles. The smallest absolute Gasteiger partial charge is 0.350 e. The molecule has 0 aliphatic rings. The van der Waals surface area contributed by atoms with Gasteiger partial charge in [-0.15, -0.1) is 11.3 Å². The molecule has 2 rings (SSSR count). The van der Waals surface area contributed by atoms with E-state index in [2.05, 4.69) is 27.1 Å². The maximum atomic E-state index is 12.0. The van der Waals surface area contributed by atoms with Crippen molar-refractivity contribution in [3.63, 3.8) is 0 Å². The van der Waals surface area contributed by atoms with E-state index in [4.69, 9.17) is 9.47 Å². The van der Waals surface area contributed by atoms with Crippen molar-refractivity contribution in [1.29, 1.82) is 0 Å². The van der Waals surface area contributed by atoms with Crippen LogP contribution in [-0.4, -0.2) is 46.0 Å². The first-order valence-corrected chi connectivity index (χ1v) is 7.62. The fourth-order valence-corrected chi connectivity index (χ4v) is 2.51. The molecule has 0 fully saturated rings. The summed E-state index contributed by atoms with van der Waals surface area (Å²) in [6.45, 7) is 5.23. The van der Waals surface area contributed by atoms with E-state index in [0.717, 1.165) is 12.8 Å². The summed E-state index contributed by atoms with van der Waals surface area (Å²) < 4.78 is 10.5. The number of carbonyl (C=O) groups excluding carboxylic acids is 1. The number of esters is 1. The summed E-state index contributed by atoms with van der Waals surface area (Å²) in [5.74, 6) is 0.167. The molecule has 1 N–H and O–H groups in total. The normalized spacial score (nSPS) is 10.8. The quantitative estimate of drug-likeness (QED) is 0.594. The highest BCUT2D eigenvalue weighted by Gasteiger charge is 2.18. The Balaban J connectivity index is 1.85. The number of nitrogens with zero attached hydrogens (tertiary/aromatic N) is 3. The number of aromatic nitrogens is 4. The van der Waals surface area contributed by atoms with Crippen molar-refractivity contribution in [2.75, 3.05) is 19.8 Å². The number of aryl methyl sites for hydroxylation is 1. The van der Waals surface area contributed by atoms with Gasteiger partial charge in [-0.3, -0.25) is 5.10 Å². The van der Waals surface area contributed by atoms with Crippen molar-refractivity contribution >= 4 is 17.3 Å². The number of carbonyl (C=O) groups is 1. The lowest BCUT2D eigenvalue weighted by molar-refractivity contribution is 0.0317. The third-order valence-electron chi connectivity index (χ3n) is 2.70. The number of unbranched alkanes of at least 4 members (excludes halogenated alkanes) is 1. The molecule has 0 radical (unpaired) electrons. The van der Waals surface area contributed by atoms with Crippen molar-refractivity contribution in [2.24, 2.45) is 0 Å². The molecule has 2 heterocycles. The van der Waals surface area contributed by atoms with Crippen molar-refractivity contribution in [2.45, 2.75) is 26.7 Å². The highest BCUT2D eigenvalue weighted by Crippen LogP contribution is 2.25. The van der Waals surface area contributed by atoms with E-state index in [1.54, 1.807) is 6.92 Å². The lowest BCUT2D eigenvalue weighted by atomic mass is 10.4. The van der Waals surface area contributed by atoms with Gasteiger partial charge < -0.3 is 9.47 Å². The molecule has 2 aromatic rings. The molecule has 0 unspecified atom stereocenters. The zero-order valence-electron chi connectivity index (χ0n) is 12.1. The Hall–Kier alpha value is -1.80. The number of nitrogens with one attached hydrogen (secondary N) is 1. The number of thiazole rings is 1. The molecule has 2 aromatic heterocycles. The predicted octanol–water partition coefficient (Wildman–Crippen LogP) is 2.21. The Morgan fingerprint density at radius 3 is 2.95 bits per heavy atom. The second-order valence-electron chi connectivity index (χ2n) is 4.37. The first-order valence-electron chi connectivity index (χ1n) is 6.80. The van der Waals surface area contributed by atoms with Gasteiger partial charge in [0, 0.05) is 6.61 Å². The van der Waals surface area contributed by atoms with Gasteiger partial charge in [0.15, 0.2) is 10.8 Å². The van der Waals surface area contributed by atoms with Crippen LogP contribution >= 0.6 is 11.3 Å². The Morgan fingerprint density at radius 1 is 1.38 bits per heavy atom. The molecule has 0 spiro atoms. The molecular formula is C13H18N4O3S. The molecule has 0 saturated carbocycles. The van der Waals surface area contributed by atoms with E-state index in [-0.39, 0.29) is 12.6 Å². The molecule has 21 heavy (non-hydrogen) atoms. The van der Waals surface area contributed by atoms with E-state index < -0.39 is 0 Å². The summed E-state index contributed by atoms with van der Waals surface area (Å²) in [5, 5.41) is 7.11. The lowest BCUT2D eigenvalue weighted by Gasteiger charge is -2.04. The van der Waals surface area contributed by atoms with Gasteiger partial charge in [-0.2, -0.15) is 5.10 Å². The molecular weight excluding hydrogens is 292 g/mol. The minimum absolute atomic E-state index is 0.248. The van der Waals surface area contributed by atoms with Crippen LogP contribution in [0.15, 0.2) is 6.33 Å². The van der Waals surface area contributed by atoms with Gasteiger partial charge >= 0.3 is 5.97 Å². The van der Waals surface area contributed by atoms with E-state index in [0.29, 0.717) is 34.6 Å². The van der Waals surface area contributed by atoms with Crippen LogP contribution in [0.3, 0.4) is 0 Å². The molecule has 0 saturated heterocycles. The summed E-state index contributed by atoms with van der Waals surface area (Å²) in [4.78, 5) is 20.8. The van der Waals surface area contributed by atoms with Crippen LogP contribution < -0.4 is 0 Å². The zero-order chi connectivity index (χ0) is 15.1. The average Bonchev–Trinajstić information content (AvgIpc) is 3.11. The maximum absolute atomic E-state index is 12.0. The number of hydrogen-bond donors (Lipinski definition) is 1. The summed E-state index contributed by atoms with van der Waals surface area (Å²) in [5.41, 5.74) is 0.628. The van der Waals surface area contributed by atoms with Gasteiger partial charge in [0.05, 0.1) is 12.3 Å². The summed E-state index contributed by atoms with van der Waals surface area (Å²) in [6, 6.07) is 0. The van der Waals surface area contributed by atoms with Crippen molar-refractivity contribution < 1.29 is 14.3 Å². The molecule has 7 nitrogen and oxygen atoms in total. The first kappa shape index (κ1) is 15.6. The van der Waals surface area contributed by atoms with Crippen molar-refractivity contribution in [3.05, 3.63) is 16.9 Å². The van der Waals surface area contributed by atoms with E-state index >= 15 is 0 Å². The van der Waals surface area contributed by atoms with Gasteiger partial charge in [0.1, 0.15) is 17.8 Å². The molecule has 0 bridgehead atoms. The third kappa shape index (κ3) is 4.33. The Kier molecular flexibility index (Phi) is 5.82. The Labute approximate surface area is 126 Å². The standard InChI is InChI=1S/C13H18N4O3S/c1-3-4-5-19-6-7-20-13(18)10-9(2)16-12(21-10)11-14-8-15-17-11/h8H,3-7H2,1-2H3,(H,14,15,17). The van der Waals surface area contributed by atoms with Gasteiger partial charge in [-0.1, -0.05) is 13.3 Å². The van der Waals surface area contributed by atoms with Crippen LogP contribution in [0.2, 0.25) is 0 Å². The summed E-state index contributed by atoms with van der Waals surface area (Å²) >= 11 is 1.24. The van der Waals surface area contributed by atoms with Crippen LogP contribution in [0, 0.1) is 6.92 Å². The number of aromatic amines is 1. The summed E-state index contributed by atoms with van der Waals surface area (Å²) in [7, 11) is 0. The van der Waals surface area contributed by atoms with Gasteiger partial charge in [-0.05, 0) is 13.3 Å². The van der Waals surface area contributed by atoms with Gasteiger partial charge in [0.25, 0.3) is 0 Å². The minimum atomic E-state index is -0.380. The van der Waals surface area contributed by atoms with E-state index in [1.807, 2.05) is 0 Å². The predicted molar refractivity (Wildman–Crippen MR) is 78.2 cm³/mol. The lowest BCUT2D eigenvalue weighted by Crippen LogP contribution is -2.11. The van der Waals surface area contributed by atoms with Crippen LogP contribution in [0.4, 0.5) is 0 Å². The second-order valence-corrected chi connectivity index (χ2v) is 5.37. The van der Waals surface area contributed by atoms with Crippen LogP contribution in [0.25, 0.3) is 10.8 Å². The highest BCUT2D eigenvalue weighted by molar-refractivity contribution is 7.16. The fourth-order valence-electron chi connectivity index (χ4n) is 1.60. The van der Waals surface area contributed by atoms with Crippen molar-refractivity contribution in [3.8, 4) is 10.8 Å². The molecule has 114 valence electrons. The topological polar surface area (TPSA) is 90.0 Å². The molecule has 0 atom stereocenters. The van der Waals surface area contributed by atoms with Crippen LogP contribution in [0.5, 0.6) is 0 Å². The van der Waals surface area contributed by atoms with Crippen LogP contribution in [-0.2, 0) is 9.47 Å². The molecule has 0 aliphatic heterocycles. The Bertz CT molecular complexity index is 568. The Morgan fingerprint density at radius 2 is 2.24 bits per heavy atom. The van der Waals surface area contributed by atoms with E-state index in [9.17, 15) is 4.79 Å². The number of H-pyrrole nitrogens is 1. The average molecular weight is 310 g/mol. The maximum Gasteiger partial charge on any atom is 0.350 e. The summed E-state index contributed by atoms with van der Waals surface area (Å²) in [6.07, 6.45) is 3.50. The van der Waals surface area contributed by atoms with Crippen LogP contribution in [0.1, 0.15) is 35.1 Å². The SMILES string of the molecule is CCCCOCCOC(=O)c1sc(-c2ncn[nH]2)nc1C. The van der Waals surface area contributed by atoms with Gasteiger partial charge in [-0.25, -0.2) is 14.8 Å². The zero-order valence-corrected chi connectivity index (χ0v) is 12.9. The fraction of sp³-hybridized carbons (Fsp3) is 0.538. The second kappa shape index (κ2) is 7.84. The van der Waals surface area contributed by atoms with Gasteiger partial charge in [0.2, 0.25) is 0 Å². The number of hydrogen-bond acceptors (Lipinski definition) is 7. The highest BCUT2D eigenvalue weighted by atomic mass is 32.1. The minimum Gasteiger partial charge on any atom is -0.459 e. The number of ether oxygens (including phenoxy) is 2. The largest absolute Gasteiger partial charge is 0.459 e. The monoisotopic (exact) mass is 310 g/mol. The van der Waals surface area contributed by atoms with E-state index in [1.165, 1.54) is 17.7 Å².